The third kappa shape index (κ3) is 2.91. The third-order valence-electron chi connectivity index (χ3n) is 5.41. The van der Waals surface area contributed by atoms with Crippen molar-refractivity contribution < 1.29 is 4.39 Å². The van der Waals surface area contributed by atoms with E-state index in [-0.39, 0.29) is 21.4 Å². The largest absolute Gasteiger partial charge is 0.316 e. The van der Waals surface area contributed by atoms with Gasteiger partial charge >= 0.3 is 0 Å². The Labute approximate surface area is 186 Å². The molecule has 0 atom stereocenters. The van der Waals surface area contributed by atoms with Gasteiger partial charge in [0, 0.05) is 15.2 Å². The molecule has 5 heteroatoms. The van der Waals surface area contributed by atoms with Crippen molar-refractivity contribution in [2.45, 2.75) is 0 Å². The fraction of sp³-hybridized carbons (Fsp3) is 0. The number of nitriles is 1. The van der Waals surface area contributed by atoms with Gasteiger partial charge in [0.2, 0.25) is 5.69 Å². The van der Waals surface area contributed by atoms with Crippen LogP contribution in [0.3, 0.4) is 0 Å². The minimum absolute atomic E-state index is 0.0911. The summed E-state index contributed by atoms with van der Waals surface area (Å²) < 4.78 is 17.5. The van der Waals surface area contributed by atoms with Crippen molar-refractivity contribution in [2.24, 2.45) is 0 Å². The molecular formula is C26H13BrFN3. The number of hydrogen-bond acceptors (Lipinski definition) is 1. The van der Waals surface area contributed by atoms with Crippen LogP contribution in [0, 0.1) is 23.7 Å². The van der Waals surface area contributed by atoms with E-state index < -0.39 is 5.82 Å². The van der Waals surface area contributed by atoms with Crippen molar-refractivity contribution in [1.82, 2.24) is 4.57 Å². The van der Waals surface area contributed by atoms with E-state index >= 15 is 4.39 Å². The minimum atomic E-state index is -0.710. The molecule has 5 rings (SSSR count). The second-order valence-corrected chi connectivity index (χ2v) is 7.94. The number of benzene rings is 4. The summed E-state index contributed by atoms with van der Waals surface area (Å²) in [6.45, 7) is 7.61. The van der Waals surface area contributed by atoms with Crippen LogP contribution in [0.2, 0.25) is 0 Å². The van der Waals surface area contributed by atoms with E-state index in [0.29, 0.717) is 0 Å². The van der Waals surface area contributed by atoms with Crippen LogP contribution in [0.4, 0.5) is 10.1 Å². The molecule has 0 spiro atoms. The Balaban J connectivity index is 1.92. The molecule has 0 fully saturated rings. The monoisotopic (exact) mass is 465 g/mol. The molecule has 0 N–H and O–H groups in total. The van der Waals surface area contributed by atoms with Gasteiger partial charge in [0.25, 0.3) is 0 Å². The lowest BCUT2D eigenvalue weighted by molar-refractivity contribution is 0.617. The Kier molecular flexibility index (Phi) is 4.55. The highest BCUT2D eigenvalue weighted by Crippen LogP contribution is 2.40. The molecule has 0 aliphatic rings. The summed E-state index contributed by atoms with van der Waals surface area (Å²) in [7, 11) is 0. The summed E-state index contributed by atoms with van der Waals surface area (Å²) in [6.07, 6.45) is 0. The van der Waals surface area contributed by atoms with Gasteiger partial charge in [-0.2, -0.15) is 5.26 Å². The predicted octanol–water partition coefficient (Wildman–Crippen LogP) is 7.77. The van der Waals surface area contributed by atoms with Crippen LogP contribution in [0.5, 0.6) is 0 Å². The van der Waals surface area contributed by atoms with E-state index in [9.17, 15) is 5.26 Å². The van der Waals surface area contributed by atoms with Crippen molar-refractivity contribution in [3.05, 3.63) is 106 Å². The molecule has 0 bridgehead atoms. The van der Waals surface area contributed by atoms with Crippen LogP contribution < -0.4 is 0 Å². The number of nitrogens with zero attached hydrogens (tertiary/aromatic N) is 3. The quantitative estimate of drug-likeness (QED) is 0.245. The van der Waals surface area contributed by atoms with E-state index in [1.165, 1.54) is 6.07 Å². The van der Waals surface area contributed by atoms with E-state index in [1.54, 1.807) is 4.57 Å². The van der Waals surface area contributed by atoms with Crippen LogP contribution in [-0.4, -0.2) is 4.57 Å². The van der Waals surface area contributed by atoms with E-state index in [2.05, 4.69) is 26.8 Å². The molecule has 0 saturated heterocycles. The fourth-order valence-electron chi connectivity index (χ4n) is 4.02. The number of aromatic nitrogens is 1. The maximum absolute atomic E-state index is 15.5. The second-order valence-electron chi connectivity index (χ2n) is 7.09. The van der Waals surface area contributed by atoms with Gasteiger partial charge in [-0.05, 0) is 35.4 Å². The first kappa shape index (κ1) is 19.1. The van der Waals surface area contributed by atoms with Gasteiger partial charge in [-0.1, -0.05) is 70.5 Å². The highest BCUT2D eigenvalue weighted by molar-refractivity contribution is 9.10. The van der Waals surface area contributed by atoms with Crippen molar-refractivity contribution in [2.75, 3.05) is 0 Å². The summed E-state index contributed by atoms with van der Waals surface area (Å²) in [5, 5.41) is 11.4. The molecule has 146 valence electrons. The molecule has 1 heterocycles. The average Bonchev–Trinajstić information content (AvgIpc) is 3.13. The Morgan fingerprint density at radius 3 is 2.32 bits per heavy atom. The van der Waals surface area contributed by atoms with Gasteiger partial charge in [-0.15, -0.1) is 0 Å². The lowest BCUT2D eigenvalue weighted by Gasteiger charge is -2.13. The number of rotatable bonds is 2. The summed E-state index contributed by atoms with van der Waals surface area (Å²) in [5.74, 6) is -0.710. The molecule has 31 heavy (non-hydrogen) atoms. The number of fused-ring (bicyclic) bond motifs is 3. The highest BCUT2D eigenvalue weighted by Gasteiger charge is 2.22. The molecule has 1 aromatic heterocycles. The highest BCUT2D eigenvalue weighted by atomic mass is 79.9. The predicted molar refractivity (Wildman–Crippen MR) is 125 cm³/mol. The molecule has 3 nitrogen and oxygen atoms in total. The SMILES string of the molecule is [C-]#[N+]c1cc(Br)c(C#N)c(F)c1-n1c2ccccc2c2cc(-c3ccccc3)ccc21. The van der Waals surface area contributed by atoms with Crippen LogP contribution in [-0.2, 0) is 0 Å². The van der Waals surface area contributed by atoms with Gasteiger partial charge in [0.15, 0.2) is 5.82 Å². The van der Waals surface area contributed by atoms with Gasteiger partial charge in [-0.3, -0.25) is 0 Å². The molecular weight excluding hydrogens is 453 g/mol. The molecule has 0 radical (unpaired) electrons. The Hall–Kier alpha value is -3.93. The molecule has 0 unspecified atom stereocenters. The first-order chi connectivity index (χ1) is 15.1. The molecule has 0 amide bonds. The van der Waals surface area contributed by atoms with Crippen molar-refractivity contribution in [1.29, 1.82) is 5.26 Å². The molecule has 0 aliphatic heterocycles. The van der Waals surface area contributed by atoms with Crippen molar-refractivity contribution >= 4 is 43.4 Å². The molecule has 0 saturated carbocycles. The smallest absolute Gasteiger partial charge is 0.214 e. The summed E-state index contributed by atoms with van der Waals surface area (Å²) in [5.41, 5.74) is 3.80. The lowest BCUT2D eigenvalue weighted by Crippen LogP contribution is -2.01. The zero-order valence-corrected chi connectivity index (χ0v) is 17.7. The number of halogens is 2. The van der Waals surface area contributed by atoms with Gasteiger partial charge < -0.3 is 4.57 Å². The normalized spacial score (nSPS) is 10.8. The number of para-hydroxylation sites is 1. The Morgan fingerprint density at radius 1 is 0.871 bits per heavy atom. The first-order valence-corrected chi connectivity index (χ1v) is 10.3. The van der Waals surface area contributed by atoms with Crippen molar-refractivity contribution in [3.63, 3.8) is 0 Å². The zero-order chi connectivity index (χ0) is 21.5. The van der Waals surface area contributed by atoms with Gasteiger partial charge in [-0.25, -0.2) is 9.24 Å². The lowest BCUT2D eigenvalue weighted by atomic mass is 10.0. The van der Waals surface area contributed by atoms with Crippen LogP contribution >= 0.6 is 15.9 Å². The average molecular weight is 466 g/mol. The van der Waals surface area contributed by atoms with Gasteiger partial charge in [0.05, 0.1) is 23.3 Å². The minimum Gasteiger partial charge on any atom is -0.316 e. The van der Waals surface area contributed by atoms with Gasteiger partial charge in [0.1, 0.15) is 11.6 Å². The van der Waals surface area contributed by atoms with Crippen molar-refractivity contribution in [3.8, 4) is 22.9 Å². The molecule has 5 aromatic rings. The molecule has 4 aromatic carbocycles. The van der Waals surface area contributed by atoms with E-state index in [0.717, 1.165) is 32.9 Å². The summed E-state index contributed by atoms with van der Waals surface area (Å²) >= 11 is 3.22. The van der Waals surface area contributed by atoms with E-state index in [4.69, 9.17) is 6.57 Å². The molecule has 0 aliphatic carbocycles. The topological polar surface area (TPSA) is 33.1 Å². The number of hydrogen-bond donors (Lipinski definition) is 0. The van der Waals surface area contributed by atoms with Crippen LogP contribution in [0.1, 0.15) is 5.56 Å². The Morgan fingerprint density at radius 2 is 1.58 bits per heavy atom. The standard InChI is InChI=1S/C26H13BrFN3/c1-30-22-14-21(27)20(15-29)25(28)26(22)31-23-10-6-5-9-18(23)19-13-17(11-12-24(19)31)16-7-3-2-4-8-16/h2-14H. The third-order valence-corrected chi connectivity index (χ3v) is 6.03. The van der Waals surface area contributed by atoms with Crippen LogP contribution in [0.25, 0.3) is 43.5 Å². The van der Waals surface area contributed by atoms with E-state index in [1.807, 2.05) is 72.8 Å². The van der Waals surface area contributed by atoms with Crippen LogP contribution in [0.15, 0.2) is 83.3 Å². The summed E-state index contributed by atoms with van der Waals surface area (Å²) in [4.78, 5) is 3.55. The zero-order valence-electron chi connectivity index (χ0n) is 16.1. The maximum atomic E-state index is 15.5. The summed E-state index contributed by atoms with van der Waals surface area (Å²) in [6, 6.07) is 27.2. The first-order valence-electron chi connectivity index (χ1n) is 9.52. The maximum Gasteiger partial charge on any atom is 0.214 e. The second kappa shape index (κ2) is 7.40. The Bertz CT molecular complexity index is 1570. The fourth-order valence-corrected chi connectivity index (χ4v) is 4.50.